The van der Waals surface area contributed by atoms with E-state index < -0.39 is 0 Å². The minimum Gasteiger partial charge on any atom is -0.338 e. The molecule has 2 aromatic rings. The van der Waals surface area contributed by atoms with Gasteiger partial charge in [-0.05, 0) is 19.5 Å². The van der Waals surface area contributed by atoms with Crippen LogP contribution >= 0.6 is 0 Å². The summed E-state index contributed by atoms with van der Waals surface area (Å²) in [5.74, 6) is 1.08. The summed E-state index contributed by atoms with van der Waals surface area (Å²) in [7, 11) is 6.00. The van der Waals surface area contributed by atoms with Crippen LogP contribution in [0.2, 0.25) is 0 Å². The van der Waals surface area contributed by atoms with Crippen molar-refractivity contribution in [1.29, 1.82) is 0 Å². The van der Waals surface area contributed by atoms with Crippen molar-refractivity contribution in [1.82, 2.24) is 24.6 Å². The number of hydrogen-bond acceptors (Lipinski definition) is 3. The third kappa shape index (κ3) is 2.46. The number of nitrogens with one attached hydrogen (secondary N) is 1. The molecule has 0 saturated heterocycles. The van der Waals surface area contributed by atoms with Gasteiger partial charge in [-0.1, -0.05) is 6.92 Å². The lowest BCUT2D eigenvalue weighted by Gasteiger charge is -2.16. The van der Waals surface area contributed by atoms with E-state index in [1.807, 2.05) is 38.2 Å². The largest absolute Gasteiger partial charge is 0.338 e. The molecular weight excluding hydrogens is 226 g/mol. The van der Waals surface area contributed by atoms with Crippen LogP contribution in [0.15, 0.2) is 18.5 Å². The third-order valence-electron chi connectivity index (χ3n) is 3.34. The van der Waals surface area contributed by atoms with Gasteiger partial charge in [0.2, 0.25) is 0 Å². The van der Waals surface area contributed by atoms with Crippen molar-refractivity contribution in [3.8, 4) is 0 Å². The Hall–Kier alpha value is -1.62. The van der Waals surface area contributed by atoms with E-state index >= 15 is 0 Å². The van der Waals surface area contributed by atoms with Crippen LogP contribution in [-0.2, 0) is 26.9 Å². The van der Waals surface area contributed by atoms with Crippen LogP contribution in [0.5, 0.6) is 0 Å². The minimum atomic E-state index is 0.240. The Balaban J connectivity index is 2.22. The molecular formula is C13H21N5. The summed E-state index contributed by atoms with van der Waals surface area (Å²) in [4.78, 5) is 4.38. The molecule has 0 aliphatic rings. The second-order valence-corrected chi connectivity index (χ2v) is 4.54. The topological polar surface area (TPSA) is 47.7 Å². The van der Waals surface area contributed by atoms with Crippen molar-refractivity contribution in [2.45, 2.75) is 25.8 Å². The molecule has 0 fully saturated rings. The number of imidazole rings is 1. The van der Waals surface area contributed by atoms with E-state index in [1.165, 1.54) is 5.69 Å². The zero-order chi connectivity index (χ0) is 13.1. The molecule has 0 bridgehead atoms. The first-order chi connectivity index (χ1) is 8.65. The lowest BCUT2D eigenvalue weighted by molar-refractivity contribution is 0.518. The first kappa shape index (κ1) is 12.8. The number of aryl methyl sites for hydroxylation is 3. The highest BCUT2D eigenvalue weighted by atomic mass is 15.3. The van der Waals surface area contributed by atoms with Crippen molar-refractivity contribution in [2.24, 2.45) is 14.1 Å². The van der Waals surface area contributed by atoms with Crippen molar-refractivity contribution in [3.63, 3.8) is 0 Å². The molecule has 0 aliphatic carbocycles. The standard InChI is InChI=1S/C13H21N5/c1-5-10-8-12(18(4)16-10)11(14-2)9-13-15-6-7-17(13)3/h6-8,11,14H,5,9H2,1-4H3. The molecule has 1 unspecified atom stereocenters. The second-order valence-electron chi connectivity index (χ2n) is 4.54. The van der Waals surface area contributed by atoms with E-state index in [0.717, 1.165) is 24.4 Å². The fourth-order valence-corrected chi connectivity index (χ4v) is 2.17. The molecule has 1 atom stereocenters. The van der Waals surface area contributed by atoms with Gasteiger partial charge in [0.15, 0.2) is 0 Å². The fourth-order valence-electron chi connectivity index (χ4n) is 2.17. The molecule has 1 N–H and O–H groups in total. The Morgan fingerprint density at radius 2 is 2.17 bits per heavy atom. The highest BCUT2D eigenvalue weighted by molar-refractivity contribution is 5.16. The molecule has 0 radical (unpaired) electrons. The molecule has 0 spiro atoms. The predicted octanol–water partition coefficient (Wildman–Crippen LogP) is 1.22. The molecule has 98 valence electrons. The Bertz CT molecular complexity index is 511. The first-order valence-corrected chi connectivity index (χ1v) is 6.32. The molecule has 0 aliphatic heterocycles. The number of hydrogen-bond donors (Lipinski definition) is 1. The molecule has 5 nitrogen and oxygen atoms in total. The van der Waals surface area contributed by atoms with Crippen LogP contribution in [0.4, 0.5) is 0 Å². The minimum absolute atomic E-state index is 0.240. The maximum absolute atomic E-state index is 4.50. The fraction of sp³-hybridized carbons (Fsp3) is 0.538. The molecule has 18 heavy (non-hydrogen) atoms. The van der Waals surface area contributed by atoms with Crippen LogP contribution in [-0.4, -0.2) is 26.4 Å². The van der Waals surface area contributed by atoms with Gasteiger partial charge in [0.1, 0.15) is 5.82 Å². The molecule has 0 saturated carbocycles. The monoisotopic (exact) mass is 247 g/mol. The number of rotatable bonds is 5. The highest BCUT2D eigenvalue weighted by Gasteiger charge is 2.17. The normalized spacial score (nSPS) is 12.9. The van der Waals surface area contributed by atoms with Crippen molar-refractivity contribution in [2.75, 3.05) is 7.05 Å². The number of aromatic nitrogens is 4. The van der Waals surface area contributed by atoms with Crippen LogP contribution in [0, 0.1) is 0 Å². The lowest BCUT2D eigenvalue weighted by atomic mass is 10.1. The van der Waals surface area contributed by atoms with E-state index in [1.54, 1.807) is 0 Å². The zero-order valence-electron chi connectivity index (χ0n) is 11.5. The molecule has 2 rings (SSSR count). The summed E-state index contributed by atoms with van der Waals surface area (Å²) >= 11 is 0. The van der Waals surface area contributed by atoms with E-state index in [0.29, 0.717) is 0 Å². The van der Waals surface area contributed by atoms with Crippen LogP contribution in [0.1, 0.15) is 30.2 Å². The van der Waals surface area contributed by atoms with Gasteiger partial charge in [-0.2, -0.15) is 5.10 Å². The van der Waals surface area contributed by atoms with Crippen molar-refractivity contribution < 1.29 is 0 Å². The summed E-state index contributed by atoms with van der Waals surface area (Å²) in [5.41, 5.74) is 2.34. The smallest absolute Gasteiger partial charge is 0.110 e. The first-order valence-electron chi connectivity index (χ1n) is 6.32. The summed E-state index contributed by atoms with van der Waals surface area (Å²) in [6, 6.07) is 2.41. The van der Waals surface area contributed by atoms with Crippen LogP contribution in [0.3, 0.4) is 0 Å². The maximum atomic E-state index is 4.50. The molecule has 0 aromatic carbocycles. The second kappa shape index (κ2) is 5.35. The van der Waals surface area contributed by atoms with E-state index in [4.69, 9.17) is 0 Å². The predicted molar refractivity (Wildman–Crippen MR) is 71.3 cm³/mol. The van der Waals surface area contributed by atoms with E-state index in [-0.39, 0.29) is 6.04 Å². The SMILES string of the molecule is CCc1cc(C(Cc2nccn2C)NC)n(C)n1. The quantitative estimate of drug-likeness (QED) is 0.864. The summed E-state index contributed by atoms with van der Waals surface area (Å²) in [6.07, 6.45) is 5.64. The molecule has 2 aromatic heterocycles. The van der Waals surface area contributed by atoms with Gasteiger partial charge < -0.3 is 9.88 Å². The van der Waals surface area contributed by atoms with Crippen molar-refractivity contribution in [3.05, 3.63) is 35.7 Å². The van der Waals surface area contributed by atoms with Gasteiger partial charge in [-0.3, -0.25) is 4.68 Å². The Morgan fingerprint density at radius 3 is 2.67 bits per heavy atom. The van der Waals surface area contributed by atoms with Crippen LogP contribution < -0.4 is 5.32 Å². The van der Waals surface area contributed by atoms with Gasteiger partial charge in [0.25, 0.3) is 0 Å². The number of nitrogens with zero attached hydrogens (tertiary/aromatic N) is 4. The Labute approximate surface area is 108 Å². The summed E-state index contributed by atoms with van der Waals surface area (Å²) < 4.78 is 4.02. The Kier molecular flexibility index (Phi) is 3.81. The van der Waals surface area contributed by atoms with Gasteiger partial charge >= 0.3 is 0 Å². The van der Waals surface area contributed by atoms with E-state index in [2.05, 4.69) is 33.0 Å². The Morgan fingerprint density at radius 1 is 1.39 bits per heavy atom. The average Bonchev–Trinajstić information content (AvgIpc) is 2.93. The maximum Gasteiger partial charge on any atom is 0.110 e. The van der Waals surface area contributed by atoms with Crippen molar-refractivity contribution >= 4 is 0 Å². The van der Waals surface area contributed by atoms with E-state index in [9.17, 15) is 0 Å². The van der Waals surface area contributed by atoms with Gasteiger partial charge in [0, 0.05) is 32.9 Å². The highest BCUT2D eigenvalue weighted by Crippen LogP contribution is 2.18. The zero-order valence-corrected chi connectivity index (χ0v) is 11.5. The van der Waals surface area contributed by atoms with Gasteiger partial charge in [-0.15, -0.1) is 0 Å². The lowest BCUT2D eigenvalue weighted by Crippen LogP contribution is -2.22. The summed E-state index contributed by atoms with van der Waals surface area (Å²) in [5, 5.41) is 7.85. The number of likely N-dealkylation sites (N-methyl/N-ethyl adjacent to an activating group) is 1. The van der Waals surface area contributed by atoms with Crippen LogP contribution in [0.25, 0.3) is 0 Å². The average molecular weight is 247 g/mol. The molecule has 2 heterocycles. The molecule has 0 amide bonds. The third-order valence-corrected chi connectivity index (χ3v) is 3.34. The summed E-state index contributed by atoms with van der Waals surface area (Å²) in [6.45, 7) is 2.12. The van der Waals surface area contributed by atoms with Gasteiger partial charge in [-0.25, -0.2) is 4.98 Å². The molecule has 5 heteroatoms. The van der Waals surface area contributed by atoms with Gasteiger partial charge in [0.05, 0.1) is 17.4 Å².